The fraction of sp³-hybridized carbons (Fsp3) is 0.364. The van der Waals surface area contributed by atoms with Crippen molar-refractivity contribution < 1.29 is 4.42 Å². The summed E-state index contributed by atoms with van der Waals surface area (Å²) in [7, 11) is 0. The largest absolute Gasteiger partial charge is 0.462 e. The predicted molar refractivity (Wildman–Crippen MR) is 69.6 cm³/mol. The van der Waals surface area contributed by atoms with Crippen LogP contribution in [0.2, 0.25) is 0 Å². The van der Waals surface area contributed by atoms with E-state index in [9.17, 15) is 0 Å². The summed E-state index contributed by atoms with van der Waals surface area (Å²) in [6.45, 7) is 2.84. The number of nitrogens with zero attached hydrogens (tertiary/aromatic N) is 1. The van der Waals surface area contributed by atoms with Crippen LogP contribution >= 0.6 is 23.1 Å². The third-order valence-corrected chi connectivity index (χ3v) is 4.26. The van der Waals surface area contributed by atoms with Gasteiger partial charge < -0.3 is 10.2 Å². The van der Waals surface area contributed by atoms with Gasteiger partial charge in [-0.25, -0.2) is 4.98 Å². The van der Waals surface area contributed by atoms with Gasteiger partial charge >= 0.3 is 0 Å². The summed E-state index contributed by atoms with van der Waals surface area (Å²) in [5.41, 5.74) is 6.66. The molecule has 0 spiro atoms. The van der Waals surface area contributed by atoms with Gasteiger partial charge in [0.25, 0.3) is 0 Å². The lowest BCUT2D eigenvalue weighted by atomic mass is 10.5. The van der Waals surface area contributed by atoms with E-state index in [4.69, 9.17) is 10.2 Å². The summed E-state index contributed by atoms with van der Waals surface area (Å²) in [6, 6.07) is 3.81. The zero-order valence-corrected chi connectivity index (χ0v) is 10.7. The van der Waals surface area contributed by atoms with Gasteiger partial charge in [-0.2, -0.15) is 11.8 Å². The minimum absolute atomic E-state index is 0.480. The molecule has 5 heteroatoms. The molecule has 1 atom stereocenters. The Morgan fingerprint density at radius 3 is 3.19 bits per heavy atom. The van der Waals surface area contributed by atoms with Crippen molar-refractivity contribution >= 4 is 23.1 Å². The molecule has 2 aromatic heterocycles. The van der Waals surface area contributed by atoms with Crippen LogP contribution in [0.3, 0.4) is 0 Å². The first-order chi connectivity index (χ1) is 7.79. The van der Waals surface area contributed by atoms with Crippen LogP contribution in [0.1, 0.15) is 12.6 Å². The van der Waals surface area contributed by atoms with Crippen LogP contribution in [0.25, 0.3) is 10.8 Å². The van der Waals surface area contributed by atoms with Gasteiger partial charge in [0.1, 0.15) is 0 Å². The molecule has 0 aliphatic carbocycles. The second-order valence-corrected chi connectivity index (χ2v) is 5.76. The first kappa shape index (κ1) is 11.7. The molecule has 0 saturated carbocycles. The molecule has 0 amide bonds. The van der Waals surface area contributed by atoms with E-state index < -0.39 is 0 Å². The van der Waals surface area contributed by atoms with Crippen molar-refractivity contribution in [2.75, 3.05) is 6.54 Å². The molecule has 2 rings (SSSR count). The van der Waals surface area contributed by atoms with Crippen LogP contribution < -0.4 is 5.73 Å². The van der Waals surface area contributed by atoms with Crippen molar-refractivity contribution in [3.05, 3.63) is 29.5 Å². The number of thioether (sulfide) groups is 1. The lowest BCUT2D eigenvalue weighted by Gasteiger charge is -2.05. The monoisotopic (exact) mass is 254 g/mol. The molecular formula is C11H14N2OS2. The Labute approximate surface area is 103 Å². The van der Waals surface area contributed by atoms with E-state index in [2.05, 4.69) is 17.3 Å². The fourth-order valence-corrected chi connectivity index (χ4v) is 2.81. The highest BCUT2D eigenvalue weighted by molar-refractivity contribution is 7.99. The van der Waals surface area contributed by atoms with E-state index in [0.29, 0.717) is 11.8 Å². The molecule has 2 heterocycles. The standard InChI is InChI=1S/C11H14N2OS2/c1-8(5-12)15-6-9-7-16-11(13-9)10-3-2-4-14-10/h2-4,7-8H,5-6,12H2,1H3. The van der Waals surface area contributed by atoms with Crippen molar-refractivity contribution in [1.82, 2.24) is 4.98 Å². The SMILES string of the molecule is CC(CN)SCc1csc(-c2ccco2)n1. The second kappa shape index (κ2) is 5.52. The zero-order valence-electron chi connectivity index (χ0n) is 9.05. The minimum atomic E-state index is 0.480. The maximum Gasteiger partial charge on any atom is 0.162 e. The highest BCUT2D eigenvalue weighted by atomic mass is 32.2. The normalized spacial score (nSPS) is 12.9. The molecule has 0 aliphatic rings. The molecule has 16 heavy (non-hydrogen) atoms. The highest BCUT2D eigenvalue weighted by Crippen LogP contribution is 2.26. The van der Waals surface area contributed by atoms with Crippen LogP contribution in [0.5, 0.6) is 0 Å². The van der Waals surface area contributed by atoms with Crippen molar-refractivity contribution in [1.29, 1.82) is 0 Å². The van der Waals surface area contributed by atoms with Gasteiger partial charge in [0.15, 0.2) is 10.8 Å². The van der Waals surface area contributed by atoms with Crippen LogP contribution in [-0.4, -0.2) is 16.8 Å². The molecule has 2 aromatic rings. The third kappa shape index (κ3) is 2.87. The zero-order chi connectivity index (χ0) is 11.4. The quantitative estimate of drug-likeness (QED) is 0.891. The van der Waals surface area contributed by atoms with Crippen molar-refractivity contribution in [2.24, 2.45) is 5.73 Å². The molecule has 0 bridgehead atoms. The van der Waals surface area contributed by atoms with E-state index in [-0.39, 0.29) is 0 Å². The molecular weight excluding hydrogens is 240 g/mol. The topological polar surface area (TPSA) is 52.0 Å². The average molecular weight is 254 g/mol. The summed E-state index contributed by atoms with van der Waals surface area (Å²) in [5.74, 6) is 1.75. The van der Waals surface area contributed by atoms with E-state index in [0.717, 1.165) is 22.2 Å². The lowest BCUT2D eigenvalue weighted by molar-refractivity contribution is 0.581. The van der Waals surface area contributed by atoms with Gasteiger partial charge in [-0.3, -0.25) is 0 Å². The maximum absolute atomic E-state index is 5.56. The van der Waals surface area contributed by atoms with Crippen LogP contribution in [0, 0.1) is 0 Å². The molecule has 3 nitrogen and oxygen atoms in total. The number of thiazole rings is 1. The fourth-order valence-electron chi connectivity index (χ4n) is 1.18. The van der Waals surface area contributed by atoms with E-state index in [1.165, 1.54) is 0 Å². The number of hydrogen-bond donors (Lipinski definition) is 1. The number of nitrogens with two attached hydrogens (primary N) is 1. The Kier molecular flexibility index (Phi) is 4.04. The summed E-state index contributed by atoms with van der Waals surface area (Å²) in [5, 5.41) is 3.50. The van der Waals surface area contributed by atoms with Gasteiger partial charge in [0, 0.05) is 22.9 Å². The van der Waals surface area contributed by atoms with Crippen molar-refractivity contribution in [3.63, 3.8) is 0 Å². The van der Waals surface area contributed by atoms with Crippen LogP contribution in [0.4, 0.5) is 0 Å². The summed E-state index contributed by atoms with van der Waals surface area (Å²) in [6.07, 6.45) is 1.67. The van der Waals surface area contributed by atoms with Gasteiger partial charge in [-0.1, -0.05) is 6.92 Å². The Hall–Kier alpha value is -0.780. The highest BCUT2D eigenvalue weighted by Gasteiger charge is 2.08. The Balaban J connectivity index is 1.98. The lowest BCUT2D eigenvalue weighted by Crippen LogP contribution is -2.12. The maximum atomic E-state index is 5.56. The molecule has 0 radical (unpaired) electrons. The van der Waals surface area contributed by atoms with E-state index in [1.54, 1.807) is 17.6 Å². The predicted octanol–water partition coefficient (Wildman–Crippen LogP) is 2.98. The summed E-state index contributed by atoms with van der Waals surface area (Å²) in [4.78, 5) is 4.52. The first-order valence-electron chi connectivity index (χ1n) is 5.09. The first-order valence-corrected chi connectivity index (χ1v) is 7.02. The minimum Gasteiger partial charge on any atom is -0.462 e. The van der Waals surface area contributed by atoms with Gasteiger partial charge in [0.2, 0.25) is 0 Å². The number of furan rings is 1. The molecule has 0 fully saturated rings. The number of aromatic nitrogens is 1. The molecule has 1 unspecified atom stereocenters. The molecule has 0 aliphatic heterocycles. The third-order valence-electron chi connectivity index (χ3n) is 2.13. The van der Waals surface area contributed by atoms with Crippen LogP contribution in [0.15, 0.2) is 28.2 Å². The van der Waals surface area contributed by atoms with Crippen LogP contribution in [-0.2, 0) is 5.75 Å². The van der Waals surface area contributed by atoms with Crippen molar-refractivity contribution in [2.45, 2.75) is 17.9 Å². The number of hydrogen-bond acceptors (Lipinski definition) is 5. The average Bonchev–Trinajstić information content (AvgIpc) is 2.95. The molecule has 0 saturated heterocycles. The van der Waals surface area contributed by atoms with Gasteiger partial charge in [-0.05, 0) is 12.1 Å². The summed E-state index contributed by atoms with van der Waals surface area (Å²) >= 11 is 3.45. The second-order valence-electron chi connectivity index (χ2n) is 3.48. The van der Waals surface area contributed by atoms with Crippen molar-refractivity contribution in [3.8, 4) is 10.8 Å². The van der Waals surface area contributed by atoms with E-state index >= 15 is 0 Å². The molecule has 2 N–H and O–H groups in total. The number of rotatable bonds is 5. The van der Waals surface area contributed by atoms with Gasteiger partial charge in [-0.15, -0.1) is 11.3 Å². The summed E-state index contributed by atoms with van der Waals surface area (Å²) < 4.78 is 5.30. The smallest absolute Gasteiger partial charge is 0.162 e. The molecule has 0 aromatic carbocycles. The van der Waals surface area contributed by atoms with E-state index in [1.807, 2.05) is 23.9 Å². The Morgan fingerprint density at radius 2 is 2.50 bits per heavy atom. The Bertz CT molecular complexity index is 425. The molecule has 86 valence electrons. The van der Waals surface area contributed by atoms with Gasteiger partial charge in [0.05, 0.1) is 12.0 Å². The Morgan fingerprint density at radius 1 is 1.62 bits per heavy atom.